The Morgan fingerprint density at radius 3 is 2.44 bits per heavy atom. The molecule has 0 aromatic heterocycles. The van der Waals surface area contributed by atoms with Crippen LogP contribution >= 0.6 is 0 Å². The van der Waals surface area contributed by atoms with Crippen LogP contribution in [0.4, 0.5) is 0 Å². The highest BCUT2D eigenvalue weighted by Gasteiger charge is 2.64. The number of aliphatic hydroxyl groups is 1. The van der Waals surface area contributed by atoms with Gasteiger partial charge in [-0.3, -0.25) is 4.79 Å². The van der Waals surface area contributed by atoms with Crippen LogP contribution in [0, 0.1) is 5.92 Å². The molecule has 2 aliphatic carbocycles. The lowest BCUT2D eigenvalue weighted by Gasteiger charge is -2.48. The lowest BCUT2D eigenvalue weighted by Crippen LogP contribution is -2.58. The van der Waals surface area contributed by atoms with E-state index in [2.05, 4.69) is 0 Å². The van der Waals surface area contributed by atoms with Gasteiger partial charge in [0.05, 0.1) is 19.8 Å². The maximum Gasteiger partial charge on any atom is 0.338 e. The largest absolute Gasteiger partial charge is 0.493 e. The number of fused-ring (bicyclic) bond motifs is 2. The van der Waals surface area contributed by atoms with Crippen molar-refractivity contribution in [2.24, 2.45) is 5.92 Å². The monoisotopic (exact) mass is 618 g/mol. The van der Waals surface area contributed by atoms with Crippen molar-refractivity contribution in [1.29, 1.82) is 0 Å². The van der Waals surface area contributed by atoms with Gasteiger partial charge in [-0.1, -0.05) is 31.2 Å². The number of rotatable bonds is 6. The zero-order chi connectivity index (χ0) is 32.3. The molecule has 0 fully saturated rings. The molecule has 1 spiro atoms. The van der Waals surface area contributed by atoms with Gasteiger partial charge >= 0.3 is 11.9 Å². The normalized spacial score (nSPS) is 28.2. The zero-order valence-corrected chi connectivity index (χ0v) is 25.8. The Labute approximate surface area is 259 Å². The smallest absolute Gasteiger partial charge is 0.338 e. The van der Waals surface area contributed by atoms with Gasteiger partial charge in [-0.15, -0.1) is 0 Å². The third-order valence-corrected chi connectivity index (χ3v) is 9.25. The van der Waals surface area contributed by atoms with E-state index in [1.807, 2.05) is 0 Å². The number of benzene rings is 2. The van der Waals surface area contributed by atoms with Gasteiger partial charge in [0, 0.05) is 22.6 Å². The molecular weight excluding hydrogens is 584 g/mol. The van der Waals surface area contributed by atoms with Crippen LogP contribution in [0.15, 0.2) is 71.2 Å². The van der Waals surface area contributed by atoms with Crippen molar-refractivity contribution in [2.45, 2.75) is 50.9 Å². The fourth-order valence-electron chi connectivity index (χ4n) is 6.46. The number of carbonyl (C=O) groups is 3. The standard InChI is InChI=1S/C34H34O11/c1-7-17(2)31(36)44-25-18(3)33(4,38)30(45-32(37)19-11-9-8-10-12-19)21-14-22(39-5)27(40-6)29(35)34(21)15-41-28-24(34)20(25)13-23-26(28)43-16-42-23/h7-14,18,25,30,38H,15-16H2,1-6H3/b17-7-/t18-,25+,30-,33-,34-/m0/s1. The van der Waals surface area contributed by atoms with Crippen molar-refractivity contribution in [3.05, 3.63) is 87.9 Å². The van der Waals surface area contributed by atoms with Gasteiger partial charge in [-0.25, -0.2) is 9.59 Å². The first-order valence-corrected chi connectivity index (χ1v) is 14.5. The van der Waals surface area contributed by atoms with Crippen LogP contribution in [-0.2, 0) is 34.0 Å². The fourth-order valence-corrected chi connectivity index (χ4v) is 6.46. The van der Waals surface area contributed by atoms with E-state index in [4.69, 9.17) is 33.2 Å². The highest BCUT2D eigenvalue weighted by Crippen LogP contribution is 2.62. The number of hydrogen-bond acceptors (Lipinski definition) is 11. The molecule has 0 radical (unpaired) electrons. The van der Waals surface area contributed by atoms with E-state index in [9.17, 15) is 19.5 Å². The lowest BCUT2D eigenvalue weighted by atomic mass is 9.59. The Bertz CT molecular complexity index is 1680. The second-order valence-electron chi connectivity index (χ2n) is 11.6. The summed E-state index contributed by atoms with van der Waals surface area (Å²) in [6, 6.07) is 9.95. The van der Waals surface area contributed by atoms with E-state index in [0.29, 0.717) is 22.4 Å². The van der Waals surface area contributed by atoms with E-state index in [1.165, 1.54) is 21.1 Å². The summed E-state index contributed by atoms with van der Waals surface area (Å²) in [5.41, 5.74) is -2.14. The number of allylic oxidation sites excluding steroid dienone is 3. The number of ketones is 1. The predicted molar refractivity (Wildman–Crippen MR) is 158 cm³/mol. The van der Waals surface area contributed by atoms with Crippen molar-refractivity contribution >= 4 is 17.7 Å². The summed E-state index contributed by atoms with van der Waals surface area (Å²) >= 11 is 0. The molecule has 0 saturated heterocycles. The van der Waals surface area contributed by atoms with E-state index in [0.717, 1.165) is 0 Å². The second-order valence-corrected chi connectivity index (χ2v) is 11.6. The summed E-state index contributed by atoms with van der Waals surface area (Å²) < 4.78 is 41.2. The Kier molecular flexibility index (Phi) is 7.39. The van der Waals surface area contributed by atoms with Gasteiger partial charge in [-0.2, -0.15) is 0 Å². The Balaban J connectivity index is 1.67. The average Bonchev–Trinajstić information content (AvgIpc) is 3.68. The third kappa shape index (κ3) is 4.40. The fraction of sp³-hybridized carbons (Fsp3) is 0.382. The van der Waals surface area contributed by atoms with Gasteiger partial charge in [-0.05, 0) is 50.6 Å². The summed E-state index contributed by atoms with van der Waals surface area (Å²) in [7, 11) is 2.73. The van der Waals surface area contributed by atoms with Crippen molar-refractivity contribution in [2.75, 3.05) is 27.6 Å². The first kappa shape index (κ1) is 30.3. The second kappa shape index (κ2) is 11.0. The molecule has 11 nitrogen and oxygen atoms in total. The number of ether oxygens (including phenoxy) is 7. The van der Waals surface area contributed by atoms with Gasteiger partial charge in [0.1, 0.15) is 23.7 Å². The summed E-state index contributed by atoms with van der Waals surface area (Å²) in [6.45, 7) is 6.13. The maximum atomic E-state index is 14.8. The van der Waals surface area contributed by atoms with Crippen molar-refractivity contribution in [3.8, 4) is 17.2 Å². The first-order valence-electron chi connectivity index (χ1n) is 14.5. The minimum Gasteiger partial charge on any atom is -0.493 e. The number of hydrogen-bond donors (Lipinski definition) is 1. The highest BCUT2D eigenvalue weighted by molar-refractivity contribution is 6.09. The van der Waals surface area contributed by atoms with Gasteiger partial charge < -0.3 is 38.3 Å². The third-order valence-electron chi connectivity index (χ3n) is 9.25. The number of methoxy groups -OCH3 is 2. The van der Waals surface area contributed by atoms with Crippen molar-refractivity contribution in [3.63, 3.8) is 0 Å². The molecule has 45 heavy (non-hydrogen) atoms. The number of esters is 2. The van der Waals surface area contributed by atoms with Crippen LogP contribution < -0.4 is 14.2 Å². The molecule has 6 rings (SSSR count). The Hall–Kier alpha value is -4.77. The molecule has 236 valence electrons. The van der Waals surface area contributed by atoms with Crippen LogP contribution in [-0.4, -0.2) is 62.2 Å². The maximum absolute atomic E-state index is 14.8. The summed E-state index contributed by atoms with van der Waals surface area (Å²) in [4.78, 5) is 41.7. The van der Waals surface area contributed by atoms with Crippen LogP contribution in [0.5, 0.6) is 17.2 Å². The molecule has 1 N–H and O–H groups in total. The molecule has 4 aliphatic rings. The van der Waals surface area contributed by atoms with Gasteiger partial charge in [0.15, 0.2) is 23.4 Å². The molecule has 2 aromatic carbocycles. The molecule has 0 saturated carbocycles. The Morgan fingerprint density at radius 1 is 1.04 bits per heavy atom. The van der Waals surface area contributed by atoms with Gasteiger partial charge in [0.25, 0.3) is 0 Å². The van der Waals surface area contributed by atoms with Crippen LogP contribution in [0.3, 0.4) is 0 Å². The van der Waals surface area contributed by atoms with Crippen LogP contribution in [0.2, 0.25) is 0 Å². The van der Waals surface area contributed by atoms with E-state index < -0.39 is 46.9 Å². The molecular formula is C34H34O11. The van der Waals surface area contributed by atoms with Crippen LogP contribution in [0.25, 0.3) is 0 Å². The molecule has 2 aromatic rings. The van der Waals surface area contributed by atoms with Gasteiger partial charge in [0.2, 0.25) is 24.1 Å². The number of carbonyl (C=O) groups excluding carboxylic acids is 3. The first-order chi connectivity index (χ1) is 21.5. The molecule has 0 amide bonds. The summed E-state index contributed by atoms with van der Waals surface area (Å²) in [5, 5.41) is 12.5. The zero-order valence-electron chi connectivity index (χ0n) is 25.8. The van der Waals surface area contributed by atoms with Crippen LogP contribution in [0.1, 0.15) is 55.3 Å². The van der Waals surface area contributed by atoms with E-state index in [-0.39, 0.29) is 47.6 Å². The molecule has 0 bridgehead atoms. The average molecular weight is 619 g/mol. The lowest BCUT2D eigenvalue weighted by molar-refractivity contribution is -0.163. The molecule has 5 atom stereocenters. The quantitative estimate of drug-likeness (QED) is 0.368. The van der Waals surface area contributed by atoms with Crippen molar-refractivity contribution in [1.82, 2.24) is 0 Å². The minimum absolute atomic E-state index is 0.0790. The van der Waals surface area contributed by atoms with E-state index >= 15 is 0 Å². The number of Topliss-reactive ketones (excluding diaryl/α,β-unsaturated/α-hetero) is 1. The summed E-state index contributed by atoms with van der Waals surface area (Å²) in [6.07, 6.45) is 0.550. The van der Waals surface area contributed by atoms with Crippen molar-refractivity contribution < 1.29 is 52.6 Å². The minimum atomic E-state index is -1.93. The molecule has 11 heteroatoms. The molecule has 2 heterocycles. The van der Waals surface area contributed by atoms with E-state index in [1.54, 1.807) is 69.3 Å². The highest BCUT2D eigenvalue weighted by atomic mass is 16.7. The Morgan fingerprint density at radius 2 is 1.78 bits per heavy atom. The summed E-state index contributed by atoms with van der Waals surface area (Å²) in [5.74, 6) is -2.02. The molecule has 0 unspecified atom stereocenters. The molecule has 2 aliphatic heterocycles. The topological polar surface area (TPSA) is 136 Å². The predicted octanol–water partition coefficient (Wildman–Crippen LogP) is 4.24. The SMILES string of the molecule is C/C=C(/C)C(=O)O[C@H]1c2cc3c(c4c2[C@@]2(CO4)C(=O)C(OC)=C(OC)C=C2[C@H](OC(=O)c2ccccc2)[C@@](C)(O)[C@H]1C)OCO3.